The summed E-state index contributed by atoms with van der Waals surface area (Å²) in [4.78, 5) is 30.4. The Balaban J connectivity index is 1.88. The summed E-state index contributed by atoms with van der Waals surface area (Å²) in [6.45, 7) is 0.238. The monoisotopic (exact) mass is 352 g/mol. The van der Waals surface area contributed by atoms with E-state index in [0.717, 1.165) is 24.2 Å². The first-order valence-electron chi connectivity index (χ1n) is 7.21. The molecule has 0 aromatic rings. The average molecular weight is 352 g/mol. The molecule has 0 aromatic heterocycles. The first-order chi connectivity index (χ1) is 10.8. The molecule has 2 aliphatic rings. The van der Waals surface area contributed by atoms with Gasteiger partial charge >= 0.3 is 16.4 Å². The van der Waals surface area contributed by atoms with Crippen LogP contribution in [0.2, 0.25) is 0 Å². The lowest BCUT2D eigenvalue weighted by molar-refractivity contribution is -0.150. The van der Waals surface area contributed by atoms with Gasteiger partial charge in [0.25, 0.3) is 5.91 Å². The van der Waals surface area contributed by atoms with Gasteiger partial charge in [-0.2, -0.15) is 13.9 Å². The maximum atomic E-state index is 12.2. The highest BCUT2D eigenvalue weighted by atomic mass is 32.3. The van der Waals surface area contributed by atoms with Gasteiger partial charge in [0.05, 0.1) is 0 Å². The van der Waals surface area contributed by atoms with E-state index >= 15 is 0 Å². The second-order valence-corrected chi connectivity index (χ2v) is 6.51. The molecule has 1 aliphatic heterocycles. The van der Waals surface area contributed by atoms with E-state index in [2.05, 4.69) is 9.76 Å². The van der Waals surface area contributed by atoms with Crippen LogP contribution in [0.15, 0.2) is 0 Å². The van der Waals surface area contributed by atoms with Crippen LogP contribution in [0.5, 0.6) is 0 Å². The number of nitrogens with zero attached hydrogens (tertiary/aromatic N) is 1. The number of likely N-dealkylation sites (tertiary alicyclic amines) is 1. The first kappa shape index (κ1) is 17.9. The summed E-state index contributed by atoms with van der Waals surface area (Å²) in [6.07, 6.45) is 3.10. The predicted octanol–water partition coefficient (Wildman–Crippen LogP) is -1.18. The molecule has 23 heavy (non-hydrogen) atoms. The Morgan fingerprint density at radius 2 is 1.91 bits per heavy atom. The Kier molecular flexibility index (Phi) is 5.75. The third kappa shape index (κ3) is 5.00. The molecule has 11 nitrogen and oxygen atoms in total. The maximum Gasteiger partial charge on any atom is 0.418 e. The number of nitrogens with two attached hydrogens (primary N) is 1. The van der Waals surface area contributed by atoms with Gasteiger partial charge in [-0.15, -0.1) is 4.28 Å². The van der Waals surface area contributed by atoms with E-state index in [4.69, 9.17) is 15.1 Å². The largest absolute Gasteiger partial charge is 0.418 e. The van der Waals surface area contributed by atoms with Crippen molar-refractivity contribution in [2.75, 3.05) is 6.54 Å². The molecule has 3 amide bonds. The topological polar surface area (TPSA) is 160 Å². The van der Waals surface area contributed by atoms with Crippen LogP contribution in [-0.2, 0) is 24.3 Å². The minimum atomic E-state index is -4.82. The second-order valence-electron chi connectivity index (χ2n) is 5.49. The van der Waals surface area contributed by atoms with Crippen molar-refractivity contribution >= 4 is 22.3 Å². The lowest BCUT2D eigenvalue weighted by atomic mass is 9.90. The number of urea groups is 1. The molecule has 12 heteroatoms. The van der Waals surface area contributed by atoms with Crippen molar-refractivity contribution < 1.29 is 31.7 Å². The molecule has 1 saturated heterocycles. The maximum absolute atomic E-state index is 12.2. The SMILES string of the molecule is NC1CCC1ONC(=O)[C@@H]1CCCCN1C(=O)NOS(=O)(=O)O. The van der Waals surface area contributed by atoms with E-state index in [-0.39, 0.29) is 18.7 Å². The number of carbonyl (C=O) groups excluding carboxylic acids is 2. The summed E-state index contributed by atoms with van der Waals surface area (Å²) < 4.78 is 33.2. The summed E-state index contributed by atoms with van der Waals surface area (Å²) in [5.74, 6) is -0.522. The Morgan fingerprint density at radius 3 is 2.48 bits per heavy atom. The molecule has 0 spiro atoms. The van der Waals surface area contributed by atoms with E-state index < -0.39 is 28.4 Å². The Morgan fingerprint density at radius 1 is 1.17 bits per heavy atom. The summed E-state index contributed by atoms with van der Waals surface area (Å²) in [5, 5.41) is 0. The average Bonchev–Trinajstić information content (AvgIpc) is 2.50. The van der Waals surface area contributed by atoms with Gasteiger partial charge < -0.3 is 10.6 Å². The van der Waals surface area contributed by atoms with Gasteiger partial charge in [-0.25, -0.2) is 10.3 Å². The normalized spacial score (nSPS) is 27.9. The third-order valence-corrected chi connectivity index (χ3v) is 4.17. The highest BCUT2D eigenvalue weighted by molar-refractivity contribution is 7.80. The van der Waals surface area contributed by atoms with Crippen LogP contribution in [0, 0.1) is 0 Å². The fraction of sp³-hybridized carbons (Fsp3) is 0.818. The van der Waals surface area contributed by atoms with Crippen LogP contribution in [0.25, 0.3) is 0 Å². The summed E-state index contributed by atoms with van der Waals surface area (Å²) in [7, 11) is -4.82. The van der Waals surface area contributed by atoms with Crippen molar-refractivity contribution in [3.05, 3.63) is 0 Å². The Labute approximate surface area is 133 Å². The lowest BCUT2D eigenvalue weighted by Gasteiger charge is -2.36. The zero-order valence-electron chi connectivity index (χ0n) is 12.3. The van der Waals surface area contributed by atoms with Crippen LogP contribution < -0.4 is 16.7 Å². The molecule has 2 fully saturated rings. The second kappa shape index (κ2) is 7.40. The molecule has 0 aromatic carbocycles. The fourth-order valence-corrected chi connectivity index (χ4v) is 2.61. The number of carbonyl (C=O) groups is 2. The molecular weight excluding hydrogens is 332 g/mol. The van der Waals surface area contributed by atoms with Gasteiger partial charge in [-0.3, -0.25) is 14.2 Å². The van der Waals surface area contributed by atoms with Crippen molar-refractivity contribution in [2.45, 2.75) is 50.3 Å². The molecule has 0 radical (unpaired) electrons. The van der Waals surface area contributed by atoms with Gasteiger partial charge in [0.2, 0.25) is 0 Å². The number of piperidine rings is 1. The molecule has 1 saturated carbocycles. The van der Waals surface area contributed by atoms with Crippen LogP contribution in [0.4, 0.5) is 4.79 Å². The lowest BCUT2D eigenvalue weighted by Crippen LogP contribution is -2.56. The van der Waals surface area contributed by atoms with Crippen LogP contribution in [-0.4, -0.2) is 54.5 Å². The number of hydroxylamine groups is 2. The molecule has 132 valence electrons. The van der Waals surface area contributed by atoms with Crippen molar-refractivity contribution in [1.82, 2.24) is 15.9 Å². The zero-order valence-corrected chi connectivity index (χ0v) is 13.1. The summed E-state index contributed by atoms with van der Waals surface area (Å²) in [6, 6.07) is -1.89. The van der Waals surface area contributed by atoms with Gasteiger partial charge in [0, 0.05) is 12.6 Å². The standard InChI is InChI=1S/C11H20N4O7S/c12-7-4-5-9(7)21-13-10(16)8-3-1-2-6-15(8)11(17)14-22-23(18,19)20/h7-9H,1-6,12H2,(H,13,16)(H,14,17)(H,18,19,20)/t7?,8-,9?/m0/s1. The van der Waals surface area contributed by atoms with E-state index in [1.807, 2.05) is 0 Å². The number of amides is 3. The van der Waals surface area contributed by atoms with E-state index in [1.165, 1.54) is 0 Å². The van der Waals surface area contributed by atoms with Crippen LogP contribution in [0.3, 0.4) is 0 Å². The number of hydrogen-bond donors (Lipinski definition) is 4. The number of hydrogen-bond acceptors (Lipinski definition) is 7. The van der Waals surface area contributed by atoms with Crippen LogP contribution >= 0.6 is 0 Å². The minimum Gasteiger partial charge on any atom is -0.325 e. The first-order valence-corrected chi connectivity index (χ1v) is 8.58. The van der Waals surface area contributed by atoms with Gasteiger partial charge in [-0.1, -0.05) is 0 Å². The summed E-state index contributed by atoms with van der Waals surface area (Å²) in [5.41, 5.74) is 9.57. The molecule has 2 rings (SSSR count). The van der Waals surface area contributed by atoms with Crippen molar-refractivity contribution in [1.29, 1.82) is 0 Å². The molecular formula is C11H20N4O7S. The van der Waals surface area contributed by atoms with E-state index in [9.17, 15) is 18.0 Å². The fourth-order valence-electron chi connectivity index (χ4n) is 2.44. The number of nitrogens with one attached hydrogen (secondary N) is 2. The van der Waals surface area contributed by atoms with Crippen LogP contribution in [0.1, 0.15) is 32.1 Å². The van der Waals surface area contributed by atoms with Gasteiger partial charge in [-0.05, 0) is 32.1 Å². The highest BCUT2D eigenvalue weighted by Gasteiger charge is 2.35. The smallest absolute Gasteiger partial charge is 0.325 e. The van der Waals surface area contributed by atoms with E-state index in [0.29, 0.717) is 12.8 Å². The van der Waals surface area contributed by atoms with E-state index in [1.54, 1.807) is 5.48 Å². The van der Waals surface area contributed by atoms with Gasteiger partial charge in [0.15, 0.2) is 0 Å². The molecule has 2 unspecified atom stereocenters. The Bertz CT molecular complexity index is 555. The zero-order chi connectivity index (χ0) is 17.0. The predicted molar refractivity (Wildman–Crippen MR) is 75.7 cm³/mol. The third-order valence-electron chi connectivity index (χ3n) is 3.87. The van der Waals surface area contributed by atoms with Crippen molar-refractivity contribution in [3.8, 4) is 0 Å². The van der Waals surface area contributed by atoms with Crippen molar-refractivity contribution in [2.24, 2.45) is 5.73 Å². The molecule has 1 heterocycles. The molecule has 0 bridgehead atoms. The molecule has 5 N–H and O–H groups in total. The Hall–Kier alpha value is -1.47. The quantitative estimate of drug-likeness (QED) is 0.355. The van der Waals surface area contributed by atoms with Crippen molar-refractivity contribution in [3.63, 3.8) is 0 Å². The molecule has 3 atom stereocenters. The number of rotatable bonds is 5. The minimum absolute atomic E-state index is 0.121. The van der Waals surface area contributed by atoms with Gasteiger partial charge in [0.1, 0.15) is 12.1 Å². The summed E-state index contributed by atoms with van der Waals surface area (Å²) >= 11 is 0. The highest BCUT2D eigenvalue weighted by Crippen LogP contribution is 2.21. The molecule has 1 aliphatic carbocycles.